The molecule has 0 aromatic heterocycles. The lowest BCUT2D eigenvalue weighted by Gasteiger charge is -2.10. The topological polar surface area (TPSA) is 87.4 Å². The highest BCUT2D eigenvalue weighted by atomic mass is 16.5. The molecular formula is C14H15NO4. The Morgan fingerprint density at radius 2 is 2.16 bits per heavy atom. The number of esters is 1. The predicted molar refractivity (Wildman–Crippen MR) is 67.5 cm³/mol. The molecule has 1 aromatic carbocycles. The molecule has 19 heavy (non-hydrogen) atoms. The van der Waals surface area contributed by atoms with E-state index < -0.39 is 5.97 Å². The maximum absolute atomic E-state index is 11.5. The van der Waals surface area contributed by atoms with Gasteiger partial charge in [0.05, 0.1) is 24.7 Å². The molecule has 1 N–H and O–H groups in total. The molecule has 0 saturated carbocycles. The Bertz CT molecular complexity index is 517. The molecule has 100 valence electrons. The number of aliphatic carboxylic acids is 1. The van der Waals surface area contributed by atoms with E-state index in [0.29, 0.717) is 23.3 Å². The van der Waals surface area contributed by atoms with Crippen LogP contribution in [0.3, 0.4) is 0 Å². The van der Waals surface area contributed by atoms with Crippen LogP contribution in [0.5, 0.6) is 0 Å². The standard InChI is InChI=1S/C14H15NO4/c1-2-19-14(18)8-10-4-3-5-11(9-15)12(10)6-7-13(16)17/h3-5H,2,6-8H2,1H3,(H,16,17). The van der Waals surface area contributed by atoms with Crippen molar-refractivity contribution >= 4 is 11.9 Å². The zero-order valence-corrected chi connectivity index (χ0v) is 10.7. The second kappa shape index (κ2) is 7.17. The number of hydrogen-bond acceptors (Lipinski definition) is 4. The summed E-state index contributed by atoms with van der Waals surface area (Å²) < 4.78 is 4.86. The number of carboxylic acid groups (broad SMARTS) is 1. The minimum atomic E-state index is -0.935. The summed E-state index contributed by atoms with van der Waals surface area (Å²) in [6.07, 6.45) is 0.209. The van der Waals surface area contributed by atoms with Crippen LogP contribution in [0.15, 0.2) is 18.2 Å². The lowest BCUT2D eigenvalue weighted by molar-refractivity contribution is -0.142. The van der Waals surface area contributed by atoms with E-state index in [1.807, 2.05) is 6.07 Å². The fourth-order valence-corrected chi connectivity index (χ4v) is 1.80. The number of benzene rings is 1. The average molecular weight is 261 g/mol. The lowest BCUT2D eigenvalue weighted by Crippen LogP contribution is -2.11. The van der Waals surface area contributed by atoms with E-state index in [4.69, 9.17) is 15.1 Å². The van der Waals surface area contributed by atoms with Crippen LogP contribution in [0.1, 0.15) is 30.0 Å². The SMILES string of the molecule is CCOC(=O)Cc1cccc(C#N)c1CCC(=O)O. The summed E-state index contributed by atoms with van der Waals surface area (Å²) in [5.41, 5.74) is 1.67. The van der Waals surface area contributed by atoms with E-state index in [-0.39, 0.29) is 25.2 Å². The van der Waals surface area contributed by atoms with Gasteiger partial charge in [-0.05, 0) is 30.5 Å². The van der Waals surface area contributed by atoms with Gasteiger partial charge in [-0.1, -0.05) is 12.1 Å². The first-order valence-electron chi connectivity index (χ1n) is 5.96. The maximum atomic E-state index is 11.5. The summed E-state index contributed by atoms with van der Waals surface area (Å²) in [4.78, 5) is 22.1. The number of carbonyl (C=O) groups excluding carboxylic acids is 1. The zero-order chi connectivity index (χ0) is 14.3. The van der Waals surface area contributed by atoms with Crippen LogP contribution >= 0.6 is 0 Å². The van der Waals surface area contributed by atoms with Crippen molar-refractivity contribution in [2.45, 2.75) is 26.2 Å². The second-order valence-corrected chi connectivity index (χ2v) is 3.93. The minimum Gasteiger partial charge on any atom is -0.481 e. The number of hydrogen-bond donors (Lipinski definition) is 1. The lowest BCUT2D eigenvalue weighted by atomic mass is 9.95. The summed E-state index contributed by atoms with van der Waals surface area (Å²) in [6, 6.07) is 7.03. The van der Waals surface area contributed by atoms with Gasteiger partial charge in [0.1, 0.15) is 0 Å². The van der Waals surface area contributed by atoms with Crippen molar-refractivity contribution in [2.75, 3.05) is 6.61 Å². The summed E-state index contributed by atoms with van der Waals surface area (Å²) in [7, 11) is 0. The largest absolute Gasteiger partial charge is 0.481 e. The Morgan fingerprint density at radius 3 is 2.74 bits per heavy atom. The van der Waals surface area contributed by atoms with Gasteiger partial charge in [-0.15, -0.1) is 0 Å². The normalized spacial score (nSPS) is 9.68. The van der Waals surface area contributed by atoms with Crippen LogP contribution < -0.4 is 0 Å². The van der Waals surface area contributed by atoms with Crippen molar-refractivity contribution in [1.29, 1.82) is 5.26 Å². The molecule has 0 fully saturated rings. The zero-order valence-electron chi connectivity index (χ0n) is 10.7. The molecule has 0 atom stereocenters. The smallest absolute Gasteiger partial charge is 0.310 e. The Balaban J connectivity index is 2.98. The van der Waals surface area contributed by atoms with Crippen molar-refractivity contribution < 1.29 is 19.4 Å². The van der Waals surface area contributed by atoms with E-state index in [1.165, 1.54) is 0 Å². The third-order valence-electron chi connectivity index (χ3n) is 2.62. The van der Waals surface area contributed by atoms with Crippen molar-refractivity contribution in [3.05, 3.63) is 34.9 Å². The highest BCUT2D eigenvalue weighted by Gasteiger charge is 2.13. The summed E-state index contributed by atoms with van der Waals surface area (Å²) in [5, 5.41) is 17.8. The number of rotatable bonds is 6. The van der Waals surface area contributed by atoms with Crippen molar-refractivity contribution in [3.8, 4) is 6.07 Å². The minimum absolute atomic E-state index is 0.0539. The molecule has 0 spiro atoms. The third-order valence-corrected chi connectivity index (χ3v) is 2.62. The van der Waals surface area contributed by atoms with E-state index >= 15 is 0 Å². The molecule has 5 heteroatoms. The number of ether oxygens (including phenoxy) is 1. The van der Waals surface area contributed by atoms with Crippen LogP contribution in [-0.4, -0.2) is 23.7 Å². The number of nitrogens with zero attached hydrogens (tertiary/aromatic N) is 1. The molecule has 5 nitrogen and oxygen atoms in total. The van der Waals surface area contributed by atoms with Gasteiger partial charge < -0.3 is 9.84 Å². The van der Waals surface area contributed by atoms with Gasteiger partial charge in [0, 0.05) is 6.42 Å². The summed E-state index contributed by atoms with van der Waals surface area (Å²) >= 11 is 0. The van der Waals surface area contributed by atoms with Gasteiger partial charge in [-0.3, -0.25) is 9.59 Å². The highest BCUT2D eigenvalue weighted by Crippen LogP contribution is 2.17. The molecule has 0 bridgehead atoms. The fraction of sp³-hybridized carbons (Fsp3) is 0.357. The molecule has 0 radical (unpaired) electrons. The van der Waals surface area contributed by atoms with E-state index in [2.05, 4.69) is 0 Å². The van der Waals surface area contributed by atoms with E-state index in [9.17, 15) is 9.59 Å². The van der Waals surface area contributed by atoms with E-state index in [1.54, 1.807) is 25.1 Å². The monoisotopic (exact) mass is 261 g/mol. The molecule has 1 aromatic rings. The predicted octanol–water partition coefficient (Wildman–Crippen LogP) is 1.68. The van der Waals surface area contributed by atoms with Crippen molar-refractivity contribution in [2.24, 2.45) is 0 Å². The van der Waals surface area contributed by atoms with Crippen molar-refractivity contribution in [1.82, 2.24) is 0 Å². The quantitative estimate of drug-likeness (QED) is 0.787. The Hall–Kier alpha value is -2.35. The number of carboxylic acids is 1. The maximum Gasteiger partial charge on any atom is 0.310 e. The Morgan fingerprint density at radius 1 is 1.42 bits per heavy atom. The summed E-state index contributed by atoms with van der Waals surface area (Å²) in [5.74, 6) is -1.32. The average Bonchev–Trinajstić information content (AvgIpc) is 2.37. The molecule has 0 heterocycles. The van der Waals surface area contributed by atoms with Crippen LogP contribution in [-0.2, 0) is 27.2 Å². The molecule has 1 rings (SSSR count). The first-order chi connectivity index (χ1) is 9.08. The highest BCUT2D eigenvalue weighted by molar-refractivity contribution is 5.74. The van der Waals surface area contributed by atoms with Gasteiger partial charge in [-0.25, -0.2) is 0 Å². The van der Waals surface area contributed by atoms with Gasteiger partial charge in [0.25, 0.3) is 0 Å². The fourth-order valence-electron chi connectivity index (χ4n) is 1.80. The third kappa shape index (κ3) is 4.43. The van der Waals surface area contributed by atoms with Gasteiger partial charge in [-0.2, -0.15) is 5.26 Å². The first kappa shape index (κ1) is 14.7. The Kier molecular flexibility index (Phi) is 5.55. The molecular weight excluding hydrogens is 246 g/mol. The van der Waals surface area contributed by atoms with Gasteiger partial charge in [0.2, 0.25) is 0 Å². The molecule has 0 unspecified atom stereocenters. The molecule has 0 saturated heterocycles. The molecule has 0 aliphatic heterocycles. The summed E-state index contributed by atoms with van der Waals surface area (Å²) in [6.45, 7) is 2.01. The van der Waals surface area contributed by atoms with Gasteiger partial charge >= 0.3 is 11.9 Å². The number of carbonyl (C=O) groups is 2. The number of nitriles is 1. The van der Waals surface area contributed by atoms with Crippen LogP contribution in [0.25, 0.3) is 0 Å². The molecule has 0 aliphatic carbocycles. The van der Waals surface area contributed by atoms with Crippen LogP contribution in [0, 0.1) is 11.3 Å². The van der Waals surface area contributed by atoms with Crippen LogP contribution in [0.2, 0.25) is 0 Å². The molecule has 0 aliphatic rings. The van der Waals surface area contributed by atoms with Crippen molar-refractivity contribution in [3.63, 3.8) is 0 Å². The first-order valence-corrected chi connectivity index (χ1v) is 5.96. The van der Waals surface area contributed by atoms with E-state index in [0.717, 1.165) is 0 Å². The van der Waals surface area contributed by atoms with Crippen LogP contribution in [0.4, 0.5) is 0 Å². The Labute approximate surface area is 111 Å². The van der Waals surface area contributed by atoms with Gasteiger partial charge in [0.15, 0.2) is 0 Å². The second-order valence-electron chi connectivity index (χ2n) is 3.93. The molecule has 0 amide bonds.